The first-order valence-electron chi connectivity index (χ1n) is 5.84. The molecule has 0 radical (unpaired) electrons. The fourth-order valence-electron chi connectivity index (χ4n) is 1.50. The van der Waals surface area contributed by atoms with Crippen LogP contribution in [0.4, 0.5) is 5.82 Å². The Hall–Kier alpha value is -1.86. The van der Waals surface area contributed by atoms with Crippen LogP contribution in [0.5, 0.6) is 0 Å². The van der Waals surface area contributed by atoms with Crippen LogP contribution in [0.1, 0.15) is 6.92 Å². The Morgan fingerprint density at radius 3 is 2.60 bits per heavy atom. The molecular weight excluding hydrogens is 286 g/mol. The van der Waals surface area contributed by atoms with Gasteiger partial charge < -0.3 is 20.4 Å². The molecule has 0 aliphatic rings. The smallest absolute Gasteiger partial charge is 0.328 e. The van der Waals surface area contributed by atoms with Crippen LogP contribution in [-0.2, 0) is 9.59 Å². The maximum atomic E-state index is 11.7. The van der Waals surface area contributed by atoms with Crippen molar-refractivity contribution in [2.24, 2.45) is 0 Å². The molecule has 1 aromatic heterocycles. The zero-order valence-electron chi connectivity index (χ0n) is 11.1. The minimum Gasteiger partial charge on any atom is -0.480 e. The highest BCUT2D eigenvalue weighted by molar-refractivity contribution is 6.30. The molecule has 0 saturated heterocycles. The Morgan fingerprint density at radius 1 is 1.50 bits per heavy atom. The average molecular weight is 302 g/mol. The minimum atomic E-state index is -1.34. The molecule has 1 rings (SSSR count). The number of carboxylic acid groups (broad SMARTS) is 1. The SMILES string of the molecule is C[C@@H](O)[C@H](NC(=O)CN(C)c1ccc(Cl)cn1)C(=O)O. The van der Waals surface area contributed by atoms with Crippen molar-refractivity contribution in [2.45, 2.75) is 19.1 Å². The van der Waals surface area contributed by atoms with Gasteiger partial charge in [0, 0.05) is 13.2 Å². The summed E-state index contributed by atoms with van der Waals surface area (Å²) >= 11 is 5.71. The number of aliphatic carboxylic acids is 1. The molecule has 0 fully saturated rings. The first kappa shape index (κ1) is 16.2. The lowest BCUT2D eigenvalue weighted by Crippen LogP contribution is -2.50. The van der Waals surface area contributed by atoms with Crippen LogP contribution in [0.3, 0.4) is 0 Å². The van der Waals surface area contributed by atoms with Crippen molar-refractivity contribution in [3.8, 4) is 0 Å². The second kappa shape index (κ2) is 7.06. The molecule has 2 atom stereocenters. The molecule has 0 aliphatic carbocycles. The predicted octanol–water partition coefficient (Wildman–Crippen LogP) is 0.121. The van der Waals surface area contributed by atoms with Crippen molar-refractivity contribution in [1.82, 2.24) is 10.3 Å². The largest absolute Gasteiger partial charge is 0.480 e. The number of carbonyl (C=O) groups excluding carboxylic acids is 1. The van der Waals surface area contributed by atoms with Crippen LogP contribution < -0.4 is 10.2 Å². The summed E-state index contributed by atoms with van der Waals surface area (Å²) < 4.78 is 0. The molecule has 0 aromatic carbocycles. The summed E-state index contributed by atoms with van der Waals surface area (Å²) in [5, 5.41) is 20.9. The summed E-state index contributed by atoms with van der Waals surface area (Å²) in [7, 11) is 1.63. The first-order chi connectivity index (χ1) is 9.31. The van der Waals surface area contributed by atoms with E-state index in [9.17, 15) is 14.7 Å². The van der Waals surface area contributed by atoms with Gasteiger partial charge in [-0.15, -0.1) is 0 Å². The second-order valence-corrected chi connectivity index (χ2v) is 4.75. The van der Waals surface area contributed by atoms with Crippen LogP contribution in [0.25, 0.3) is 0 Å². The molecule has 7 nitrogen and oxygen atoms in total. The van der Waals surface area contributed by atoms with Gasteiger partial charge in [0.15, 0.2) is 6.04 Å². The molecule has 1 amide bonds. The van der Waals surface area contributed by atoms with Gasteiger partial charge in [-0.05, 0) is 19.1 Å². The molecule has 0 unspecified atom stereocenters. The van der Waals surface area contributed by atoms with Crippen molar-refractivity contribution in [1.29, 1.82) is 0 Å². The van der Waals surface area contributed by atoms with Crippen LogP contribution >= 0.6 is 11.6 Å². The Bertz CT molecular complexity index is 478. The van der Waals surface area contributed by atoms with Gasteiger partial charge in [-0.25, -0.2) is 9.78 Å². The molecule has 8 heteroatoms. The van der Waals surface area contributed by atoms with Gasteiger partial charge in [-0.2, -0.15) is 0 Å². The maximum absolute atomic E-state index is 11.7. The predicted molar refractivity (Wildman–Crippen MR) is 73.8 cm³/mol. The van der Waals surface area contributed by atoms with Gasteiger partial charge in [0.2, 0.25) is 5.91 Å². The standard InChI is InChI=1S/C12H16ClN3O4/c1-7(17)11(12(19)20)15-10(18)6-16(2)9-4-3-8(13)5-14-9/h3-5,7,11,17H,6H2,1-2H3,(H,15,18)(H,19,20)/t7-,11+/m1/s1. The third-order valence-corrected chi connectivity index (χ3v) is 2.77. The summed E-state index contributed by atoms with van der Waals surface area (Å²) in [4.78, 5) is 28.1. The first-order valence-corrected chi connectivity index (χ1v) is 6.22. The molecule has 0 aliphatic heterocycles. The highest BCUT2D eigenvalue weighted by atomic mass is 35.5. The number of pyridine rings is 1. The summed E-state index contributed by atoms with van der Waals surface area (Å²) in [6.45, 7) is 1.20. The fraction of sp³-hybridized carbons (Fsp3) is 0.417. The Morgan fingerprint density at radius 2 is 2.15 bits per heavy atom. The number of nitrogens with zero attached hydrogens (tertiary/aromatic N) is 2. The van der Waals surface area contributed by atoms with E-state index >= 15 is 0 Å². The Labute approximate surface area is 121 Å². The number of aliphatic hydroxyl groups is 1. The molecule has 20 heavy (non-hydrogen) atoms. The number of carbonyl (C=O) groups is 2. The number of anilines is 1. The van der Waals surface area contributed by atoms with Crippen LogP contribution in [0.15, 0.2) is 18.3 Å². The van der Waals surface area contributed by atoms with Gasteiger partial charge in [-0.1, -0.05) is 11.6 Å². The van der Waals surface area contributed by atoms with Crippen molar-refractivity contribution in [3.63, 3.8) is 0 Å². The van der Waals surface area contributed by atoms with E-state index in [-0.39, 0.29) is 6.54 Å². The quantitative estimate of drug-likeness (QED) is 0.690. The van der Waals surface area contributed by atoms with Crippen LogP contribution in [-0.4, -0.2) is 52.8 Å². The van der Waals surface area contributed by atoms with Gasteiger partial charge in [0.25, 0.3) is 0 Å². The normalized spacial score (nSPS) is 13.4. The number of nitrogens with one attached hydrogen (secondary N) is 1. The summed E-state index contributed by atoms with van der Waals surface area (Å²) in [5.41, 5.74) is 0. The molecule has 0 bridgehead atoms. The minimum absolute atomic E-state index is 0.0921. The van der Waals surface area contributed by atoms with Gasteiger partial charge in [-0.3, -0.25) is 4.79 Å². The molecule has 1 heterocycles. The lowest BCUT2D eigenvalue weighted by atomic mass is 10.2. The van der Waals surface area contributed by atoms with E-state index in [4.69, 9.17) is 16.7 Å². The van der Waals surface area contributed by atoms with E-state index in [0.717, 1.165) is 0 Å². The monoisotopic (exact) mass is 301 g/mol. The number of carboxylic acids is 1. The molecule has 1 aromatic rings. The van der Waals surface area contributed by atoms with Crippen molar-refractivity contribution >= 4 is 29.3 Å². The third kappa shape index (κ3) is 4.67. The van der Waals surface area contributed by atoms with Crippen molar-refractivity contribution < 1.29 is 19.8 Å². The van der Waals surface area contributed by atoms with E-state index in [2.05, 4.69) is 10.3 Å². The van der Waals surface area contributed by atoms with Crippen LogP contribution in [0.2, 0.25) is 5.02 Å². The lowest BCUT2D eigenvalue weighted by Gasteiger charge is -2.21. The number of aromatic nitrogens is 1. The van der Waals surface area contributed by atoms with Gasteiger partial charge in [0.1, 0.15) is 5.82 Å². The highest BCUT2D eigenvalue weighted by Crippen LogP contribution is 2.12. The lowest BCUT2D eigenvalue weighted by molar-refractivity contribution is -0.144. The van der Waals surface area contributed by atoms with Crippen molar-refractivity contribution in [2.75, 3.05) is 18.5 Å². The van der Waals surface area contributed by atoms with Gasteiger partial charge in [0.05, 0.1) is 17.7 Å². The fourth-order valence-corrected chi connectivity index (χ4v) is 1.61. The third-order valence-electron chi connectivity index (χ3n) is 2.55. The van der Waals surface area contributed by atoms with E-state index in [0.29, 0.717) is 10.8 Å². The molecule has 0 saturated carbocycles. The number of likely N-dealkylation sites (N-methyl/N-ethyl adjacent to an activating group) is 1. The summed E-state index contributed by atoms with van der Waals surface area (Å²) in [6.07, 6.45) is 0.261. The number of aliphatic hydroxyl groups excluding tert-OH is 1. The van der Waals surface area contributed by atoms with Crippen molar-refractivity contribution in [3.05, 3.63) is 23.4 Å². The van der Waals surface area contributed by atoms with E-state index in [1.165, 1.54) is 18.0 Å². The maximum Gasteiger partial charge on any atom is 0.328 e. The number of hydrogen-bond acceptors (Lipinski definition) is 5. The number of hydrogen-bond donors (Lipinski definition) is 3. The zero-order valence-corrected chi connectivity index (χ0v) is 11.8. The summed E-state index contributed by atoms with van der Waals surface area (Å²) in [5.74, 6) is -1.30. The second-order valence-electron chi connectivity index (χ2n) is 4.31. The Kier molecular flexibility index (Phi) is 5.72. The average Bonchev–Trinajstić information content (AvgIpc) is 2.35. The Balaban J connectivity index is 2.61. The van der Waals surface area contributed by atoms with Gasteiger partial charge >= 0.3 is 5.97 Å². The highest BCUT2D eigenvalue weighted by Gasteiger charge is 2.25. The molecule has 110 valence electrons. The van der Waals surface area contributed by atoms with E-state index in [1.54, 1.807) is 19.2 Å². The molecule has 0 spiro atoms. The topological polar surface area (TPSA) is 103 Å². The van der Waals surface area contributed by atoms with E-state index in [1.807, 2.05) is 0 Å². The number of amides is 1. The molecule has 3 N–H and O–H groups in total. The van der Waals surface area contributed by atoms with Crippen LogP contribution in [0, 0.1) is 0 Å². The molecular formula is C12H16ClN3O4. The van der Waals surface area contributed by atoms with E-state index < -0.39 is 24.0 Å². The summed E-state index contributed by atoms with van der Waals surface area (Å²) in [6, 6.07) is 1.93. The number of rotatable bonds is 6. The zero-order chi connectivity index (χ0) is 15.3. The number of halogens is 1.